The smallest absolute Gasteiger partial charge is 0.255 e. The van der Waals surface area contributed by atoms with E-state index in [-0.39, 0.29) is 17.7 Å². The van der Waals surface area contributed by atoms with Crippen LogP contribution in [0.1, 0.15) is 29.8 Å². The molecule has 0 saturated carbocycles. The van der Waals surface area contributed by atoms with Gasteiger partial charge in [-0.1, -0.05) is 42.9 Å². The van der Waals surface area contributed by atoms with E-state index in [1.807, 2.05) is 51.1 Å². The number of hydrogen-bond acceptors (Lipinski definition) is 4. The molecule has 1 aromatic heterocycles. The molecule has 3 rings (SSSR count). The normalized spacial score (nSPS) is 10.9. The van der Waals surface area contributed by atoms with Gasteiger partial charge in [-0.25, -0.2) is 4.98 Å². The molecule has 0 spiro atoms. The quantitative estimate of drug-likeness (QED) is 0.728. The van der Waals surface area contributed by atoms with Crippen molar-refractivity contribution >= 4 is 44.2 Å². The van der Waals surface area contributed by atoms with E-state index in [9.17, 15) is 9.59 Å². The molecule has 2 aromatic carbocycles. The summed E-state index contributed by atoms with van der Waals surface area (Å²) in [7, 11) is 0. The van der Waals surface area contributed by atoms with Crippen LogP contribution >= 0.6 is 11.3 Å². The van der Waals surface area contributed by atoms with Gasteiger partial charge in [0.1, 0.15) is 0 Å². The monoisotopic (exact) mass is 353 g/mol. The minimum Gasteiger partial charge on any atom is -0.322 e. The number of thiazole rings is 1. The maximum Gasteiger partial charge on any atom is 0.255 e. The highest BCUT2D eigenvalue weighted by Gasteiger charge is 2.12. The molecule has 3 aromatic rings. The molecule has 25 heavy (non-hydrogen) atoms. The number of carbonyl (C=O) groups excluding carboxylic acids is 2. The second kappa shape index (κ2) is 7.03. The largest absolute Gasteiger partial charge is 0.322 e. The van der Waals surface area contributed by atoms with E-state index >= 15 is 0 Å². The van der Waals surface area contributed by atoms with Gasteiger partial charge in [-0.3, -0.25) is 9.59 Å². The van der Waals surface area contributed by atoms with Gasteiger partial charge in [-0.2, -0.15) is 0 Å². The predicted molar refractivity (Wildman–Crippen MR) is 102 cm³/mol. The third kappa shape index (κ3) is 4.03. The highest BCUT2D eigenvalue weighted by Crippen LogP contribution is 2.28. The lowest BCUT2D eigenvalue weighted by atomic mass is 10.1. The van der Waals surface area contributed by atoms with Gasteiger partial charge in [0.05, 0.1) is 10.2 Å². The molecule has 2 N–H and O–H groups in total. The van der Waals surface area contributed by atoms with E-state index in [0.717, 1.165) is 15.8 Å². The van der Waals surface area contributed by atoms with Gasteiger partial charge in [0.15, 0.2) is 5.13 Å². The summed E-state index contributed by atoms with van der Waals surface area (Å²) in [4.78, 5) is 28.5. The molecule has 0 atom stereocenters. The van der Waals surface area contributed by atoms with Gasteiger partial charge in [0.25, 0.3) is 5.91 Å². The van der Waals surface area contributed by atoms with Crippen molar-refractivity contribution < 1.29 is 9.59 Å². The summed E-state index contributed by atoms with van der Waals surface area (Å²) in [6, 6.07) is 12.9. The number of fused-ring (bicyclic) bond motifs is 1. The summed E-state index contributed by atoms with van der Waals surface area (Å²) in [6.45, 7) is 5.65. The van der Waals surface area contributed by atoms with Crippen LogP contribution in [0.25, 0.3) is 10.2 Å². The van der Waals surface area contributed by atoms with Crippen LogP contribution in [0.3, 0.4) is 0 Å². The van der Waals surface area contributed by atoms with E-state index in [2.05, 4.69) is 15.6 Å². The molecule has 0 aliphatic rings. The van der Waals surface area contributed by atoms with Crippen molar-refractivity contribution in [1.29, 1.82) is 0 Å². The Morgan fingerprint density at radius 2 is 1.76 bits per heavy atom. The minimum atomic E-state index is -0.164. The number of aromatic nitrogens is 1. The van der Waals surface area contributed by atoms with Gasteiger partial charge in [-0.05, 0) is 37.3 Å². The maximum absolute atomic E-state index is 12.3. The molecule has 6 heteroatoms. The van der Waals surface area contributed by atoms with Crippen molar-refractivity contribution in [1.82, 2.24) is 4.98 Å². The average Bonchev–Trinajstić information content (AvgIpc) is 2.96. The fourth-order valence-electron chi connectivity index (χ4n) is 2.22. The molecule has 0 bridgehead atoms. The highest BCUT2D eigenvalue weighted by atomic mass is 32.1. The van der Waals surface area contributed by atoms with Crippen molar-refractivity contribution in [2.75, 3.05) is 10.6 Å². The van der Waals surface area contributed by atoms with Crippen LogP contribution in [-0.2, 0) is 4.79 Å². The third-order valence-electron chi connectivity index (χ3n) is 3.71. The molecule has 0 fully saturated rings. The molecule has 128 valence electrons. The number of anilines is 2. The summed E-state index contributed by atoms with van der Waals surface area (Å²) in [5, 5.41) is 6.25. The molecule has 0 saturated heterocycles. The molecule has 1 heterocycles. The number of carbonyl (C=O) groups is 2. The number of amides is 2. The summed E-state index contributed by atoms with van der Waals surface area (Å²) >= 11 is 1.41. The van der Waals surface area contributed by atoms with Crippen LogP contribution in [0, 0.1) is 12.8 Å². The Kier molecular flexibility index (Phi) is 4.81. The second-order valence-electron chi connectivity index (χ2n) is 6.17. The Balaban J connectivity index is 1.77. The number of nitrogens with zero attached hydrogens (tertiary/aromatic N) is 1. The highest BCUT2D eigenvalue weighted by molar-refractivity contribution is 7.22. The molecule has 5 nitrogen and oxygen atoms in total. The molecule has 0 radical (unpaired) electrons. The first kappa shape index (κ1) is 17.1. The summed E-state index contributed by atoms with van der Waals surface area (Å²) in [6.07, 6.45) is 0. The van der Waals surface area contributed by atoms with Gasteiger partial charge in [0, 0.05) is 17.2 Å². The Hall–Kier alpha value is -2.73. The Morgan fingerprint density at radius 1 is 1.04 bits per heavy atom. The number of rotatable bonds is 4. The summed E-state index contributed by atoms with van der Waals surface area (Å²) in [5.74, 6) is -0.328. The summed E-state index contributed by atoms with van der Waals surface area (Å²) < 4.78 is 0.951. The lowest BCUT2D eigenvalue weighted by Gasteiger charge is -2.05. The van der Waals surface area contributed by atoms with Crippen molar-refractivity contribution in [3.05, 3.63) is 53.6 Å². The van der Waals surface area contributed by atoms with Crippen LogP contribution in [0.15, 0.2) is 42.5 Å². The van der Waals surface area contributed by atoms with E-state index in [4.69, 9.17) is 0 Å². The van der Waals surface area contributed by atoms with Crippen molar-refractivity contribution in [2.45, 2.75) is 20.8 Å². The van der Waals surface area contributed by atoms with Crippen molar-refractivity contribution in [3.8, 4) is 0 Å². The number of aryl methyl sites for hydroxylation is 1. The number of hydrogen-bond donors (Lipinski definition) is 2. The Labute approximate surface area is 150 Å². The van der Waals surface area contributed by atoms with Crippen molar-refractivity contribution in [3.63, 3.8) is 0 Å². The third-order valence-corrected chi connectivity index (χ3v) is 4.67. The van der Waals surface area contributed by atoms with Crippen LogP contribution in [-0.4, -0.2) is 16.8 Å². The second-order valence-corrected chi connectivity index (χ2v) is 7.20. The van der Waals surface area contributed by atoms with Gasteiger partial charge in [0.2, 0.25) is 5.91 Å². The van der Waals surface area contributed by atoms with Crippen LogP contribution in [0.4, 0.5) is 10.8 Å². The fraction of sp³-hybridized carbons (Fsp3) is 0.211. The predicted octanol–water partition coefficient (Wildman–Crippen LogP) is 4.45. The lowest BCUT2D eigenvalue weighted by molar-refractivity contribution is -0.118. The van der Waals surface area contributed by atoms with Crippen LogP contribution in [0.5, 0.6) is 0 Å². The number of benzene rings is 2. The van der Waals surface area contributed by atoms with E-state index in [1.54, 1.807) is 12.1 Å². The fourth-order valence-corrected chi connectivity index (χ4v) is 3.07. The Morgan fingerprint density at radius 3 is 2.44 bits per heavy atom. The van der Waals surface area contributed by atoms with Crippen LogP contribution < -0.4 is 10.6 Å². The molecule has 0 aliphatic carbocycles. The molecule has 2 amide bonds. The Bertz CT molecular complexity index is 929. The van der Waals surface area contributed by atoms with Gasteiger partial charge in [-0.15, -0.1) is 0 Å². The molecular formula is C19H19N3O2S. The molecule has 0 unspecified atom stereocenters. The zero-order valence-corrected chi connectivity index (χ0v) is 15.1. The van der Waals surface area contributed by atoms with Crippen molar-refractivity contribution in [2.24, 2.45) is 5.92 Å². The maximum atomic E-state index is 12.3. The van der Waals surface area contributed by atoms with Gasteiger partial charge >= 0.3 is 0 Å². The lowest BCUT2D eigenvalue weighted by Crippen LogP contribution is -2.17. The first-order chi connectivity index (χ1) is 11.9. The van der Waals surface area contributed by atoms with E-state index < -0.39 is 0 Å². The SMILES string of the molecule is Cc1ccc(C(=O)Nc2ccc3sc(NC(=O)C(C)C)nc3c2)cc1. The average molecular weight is 353 g/mol. The van der Waals surface area contributed by atoms with E-state index in [0.29, 0.717) is 16.4 Å². The van der Waals surface area contributed by atoms with Gasteiger partial charge < -0.3 is 10.6 Å². The summed E-state index contributed by atoms with van der Waals surface area (Å²) in [5.41, 5.74) is 3.13. The standard InChI is InChI=1S/C19H19N3O2S/c1-11(2)17(23)22-19-21-15-10-14(8-9-16(15)25-19)20-18(24)13-6-4-12(3)5-7-13/h4-11H,1-3H3,(H,20,24)(H,21,22,23). The van der Waals surface area contributed by atoms with Crippen LogP contribution in [0.2, 0.25) is 0 Å². The first-order valence-corrected chi connectivity index (χ1v) is 8.83. The molecule has 0 aliphatic heterocycles. The zero-order valence-electron chi connectivity index (χ0n) is 14.3. The van der Waals surface area contributed by atoms with E-state index in [1.165, 1.54) is 11.3 Å². The first-order valence-electron chi connectivity index (χ1n) is 8.02. The molecular weight excluding hydrogens is 334 g/mol. The number of nitrogens with one attached hydrogen (secondary N) is 2. The zero-order chi connectivity index (χ0) is 18.0. The topological polar surface area (TPSA) is 71.1 Å². The minimum absolute atomic E-state index is 0.0630.